The molecule has 4 unspecified atom stereocenters. The highest BCUT2D eigenvalue weighted by Crippen LogP contribution is 2.43. The first-order valence-electron chi connectivity index (χ1n) is 12.6. The van der Waals surface area contributed by atoms with Crippen LogP contribution in [0.3, 0.4) is 0 Å². The second-order valence-electron chi connectivity index (χ2n) is 9.75. The maximum atomic E-state index is 11.9. The lowest BCUT2D eigenvalue weighted by Crippen LogP contribution is -2.31. The third kappa shape index (κ3) is 6.17. The summed E-state index contributed by atoms with van der Waals surface area (Å²) in [4.78, 5) is 36.1. The molecule has 2 aromatic rings. The number of carbonyl (C=O) groups is 2. The van der Waals surface area contributed by atoms with E-state index in [1.165, 1.54) is 6.33 Å². The van der Waals surface area contributed by atoms with Gasteiger partial charge in [-0.1, -0.05) is 0 Å². The maximum absolute atomic E-state index is 11.9. The van der Waals surface area contributed by atoms with Crippen LogP contribution >= 0.6 is 0 Å². The quantitative estimate of drug-likeness (QED) is 0.344. The zero-order valence-corrected chi connectivity index (χ0v) is 21.1. The fourth-order valence-electron chi connectivity index (χ4n) is 4.63. The maximum Gasteiger partial charge on any atom is 0.219 e. The monoisotopic (exact) mass is 504 g/mol. The van der Waals surface area contributed by atoms with Crippen LogP contribution in [0.15, 0.2) is 12.7 Å². The Hall–Kier alpha value is -2.67. The number of aliphatic hydroxyl groups is 1. The topological polar surface area (TPSA) is 150 Å². The molecule has 1 amide bonds. The van der Waals surface area contributed by atoms with Crippen molar-refractivity contribution in [3.8, 4) is 0 Å². The Kier molecular flexibility index (Phi) is 8.50. The number of Topliss-reactive ketones (excluding diaryl/α,β-unsaturated/α-hetero) is 1. The van der Waals surface area contributed by atoms with Gasteiger partial charge in [-0.3, -0.25) is 9.36 Å². The van der Waals surface area contributed by atoms with E-state index in [2.05, 4.69) is 25.6 Å². The van der Waals surface area contributed by atoms with Crippen LogP contribution in [-0.4, -0.2) is 80.1 Å². The van der Waals surface area contributed by atoms with Crippen molar-refractivity contribution >= 4 is 28.7 Å². The molecule has 0 radical (unpaired) electrons. The summed E-state index contributed by atoms with van der Waals surface area (Å²) >= 11 is 0. The lowest BCUT2D eigenvalue weighted by Gasteiger charge is -2.24. The van der Waals surface area contributed by atoms with Crippen molar-refractivity contribution in [2.45, 2.75) is 89.6 Å². The molecule has 0 aliphatic carbocycles. The summed E-state index contributed by atoms with van der Waals surface area (Å²) in [5, 5.41) is 16.0. The highest BCUT2D eigenvalue weighted by molar-refractivity contribution is 5.82. The SMILES string of the molecule is CC(=O)CCCCC(=O)NCCCCNc1ncnc2c1ncn2C1OC(CO)C2OC(C)(C)OC21. The van der Waals surface area contributed by atoms with Gasteiger partial charge < -0.3 is 34.7 Å². The normalized spacial score (nSPS) is 24.7. The van der Waals surface area contributed by atoms with E-state index < -0.39 is 24.2 Å². The van der Waals surface area contributed by atoms with Gasteiger partial charge in [0.1, 0.15) is 30.4 Å². The van der Waals surface area contributed by atoms with E-state index in [0.717, 1.165) is 25.7 Å². The Morgan fingerprint density at radius 2 is 1.81 bits per heavy atom. The molecular formula is C24H36N6O6. The number of anilines is 1. The number of rotatable bonds is 13. The fraction of sp³-hybridized carbons (Fsp3) is 0.708. The molecular weight excluding hydrogens is 468 g/mol. The fourth-order valence-corrected chi connectivity index (χ4v) is 4.63. The number of amides is 1. The van der Waals surface area contributed by atoms with Crippen molar-refractivity contribution in [3.05, 3.63) is 12.7 Å². The number of nitrogens with zero attached hydrogens (tertiary/aromatic N) is 4. The number of aromatic nitrogens is 4. The predicted octanol–water partition coefficient (Wildman–Crippen LogP) is 1.69. The van der Waals surface area contributed by atoms with Crippen molar-refractivity contribution in [2.75, 3.05) is 25.0 Å². The number of aliphatic hydroxyl groups excluding tert-OH is 1. The number of fused-ring (bicyclic) bond motifs is 2. The highest BCUT2D eigenvalue weighted by atomic mass is 16.8. The molecule has 0 saturated carbocycles. The number of hydrogen-bond acceptors (Lipinski definition) is 10. The summed E-state index contributed by atoms with van der Waals surface area (Å²) in [6.45, 7) is 6.35. The van der Waals surface area contributed by atoms with Crippen LogP contribution in [0, 0.1) is 0 Å². The highest BCUT2D eigenvalue weighted by Gasteiger charge is 2.56. The Bertz CT molecular complexity index is 1060. The number of carbonyl (C=O) groups excluding carboxylic acids is 2. The molecule has 4 heterocycles. The first-order valence-corrected chi connectivity index (χ1v) is 12.6. The van der Waals surface area contributed by atoms with E-state index in [1.54, 1.807) is 17.8 Å². The Morgan fingerprint density at radius 3 is 2.58 bits per heavy atom. The van der Waals surface area contributed by atoms with Crippen LogP contribution in [0.2, 0.25) is 0 Å². The van der Waals surface area contributed by atoms with Crippen molar-refractivity contribution in [2.24, 2.45) is 0 Å². The number of ether oxygens (including phenoxy) is 3. The second-order valence-corrected chi connectivity index (χ2v) is 9.75. The summed E-state index contributed by atoms with van der Waals surface area (Å²) in [6, 6.07) is 0. The van der Waals surface area contributed by atoms with Gasteiger partial charge >= 0.3 is 0 Å². The van der Waals surface area contributed by atoms with Crippen LogP contribution < -0.4 is 10.6 Å². The lowest BCUT2D eigenvalue weighted by molar-refractivity contribution is -0.199. The lowest BCUT2D eigenvalue weighted by atomic mass is 10.1. The van der Waals surface area contributed by atoms with E-state index in [4.69, 9.17) is 14.2 Å². The zero-order chi connectivity index (χ0) is 25.7. The summed E-state index contributed by atoms with van der Waals surface area (Å²) < 4.78 is 19.9. The third-order valence-electron chi connectivity index (χ3n) is 6.34. The first-order chi connectivity index (χ1) is 17.3. The molecule has 198 valence electrons. The van der Waals surface area contributed by atoms with Gasteiger partial charge in [0.2, 0.25) is 5.91 Å². The van der Waals surface area contributed by atoms with E-state index in [9.17, 15) is 14.7 Å². The largest absolute Gasteiger partial charge is 0.394 e. The molecule has 2 aliphatic rings. The molecule has 4 rings (SSSR count). The van der Waals surface area contributed by atoms with Gasteiger partial charge in [0, 0.05) is 25.9 Å². The summed E-state index contributed by atoms with van der Waals surface area (Å²) in [5.74, 6) is 0.0328. The molecule has 0 aromatic carbocycles. The zero-order valence-electron chi connectivity index (χ0n) is 21.1. The van der Waals surface area contributed by atoms with Gasteiger partial charge in [-0.05, 0) is 46.5 Å². The molecule has 2 saturated heterocycles. The molecule has 12 nitrogen and oxygen atoms in total. The van der Waals surface area contributed by atoms with Gasteiger partial charge in [0.15, 0.2) is 29.0 Å². The minimum atomic E-state index is -0.766. The number of ketones is 1. The summed E-state index contributed by atoms with van der Waals surface area (Å²) in [6.07, 6.45) is 5.44. The van der Waals surface area contributed by atoms with Crippen molar-refractivity contribution in [1.82, 2.24) is 24.8 Å². The average molecular weight is 505 g/mol. The second kappa shape index (κ2) is 11.6. The Balaban J connectivity index is 1.27. The number of nitrogens with one attached hydrogen (secondary N) is 2. The van der Waals surface area contributed by atoms with Crippen molar-refractivity contribution in [3.63, 3.8) is 0 Å². The van der Waals surface area contributed by atoms with Gasteiger partial charge in [0.05, 0.1) is 12.9 Å². The minimum Gasteiger partial charge on any atom is -0.394 e. The number of hydrogen-bond donors (Lipinski definition) is 3. The van der Waals surface area contributed by atoms with E-state index in [0.29, 0.717) is 42.9 Å². The molecule has 12 heteroatoms. The van der Waals surface area contributed by atoms with Crippen LogP contribution in [0.25, 0.3) is 11.2 Å². The molecule has 3 N–H and O–H groups in total. The molecule has 4 atom stereocenters. The number of imidazole rings is 1. The van der Waals surface area contributed by atoms with Crippen LogP contribution in [0.4, 0.5) is 5.82 Å². The Morgan fingerprint density at radius 1 is 1.06 bits per heavy atom. The van der Waals surface area contributed by atoms with Gasteiger partial charge in [-0.15, -0.1) is 0 Å². The smallest absolute Gasteiger partial charge is 0.219 e. The van der Waals surface area contributed by atoms with E-state index in [-0.39, 0.29) is 24.4 Å². The van der Waals surface area contributed by atoms with Crippen LogP contribution in [-0.2, 0) is 23.8 Å². The minimum absolute atomic E-state index is 0.0226. The molecule has 0 spiro atoms. The van der Waals surface area contributed by atoms with Crippen molar-refractivity contribution < 1.29 is 28.9 Å². The summed E-state index contributed by atoms with van der Waals surface area (Å²) in [7, 11) is 0. The molecule has 36 heavy (non-hydrogen) atoms. The Labute approximate surface area is 210 Å². The third-order valence-corrected chi connectivity index (χ3v) is 6.34. The first kappa shape index (κ1) is 26.4. The van der Waals surface area contributed by atoms with Gasteiger partial charge in [-0.25, -0.2) is 15.0 Å². The van der Waals surface area contributed by atoms with Crippen LogP contribution in [0.5, 0.6) is 0 Å². The van der Waals surface area contributed by atoms with E-state index in [1.807, 2.05) is 13.8 Å². The van der Waals surface area contributed by atoms with E-state index >= 15 is 0 Å². The van der Waals surface area contributed by atoms with Crippen molar-refractivity contribution in [1.29, 1.82) is 0 Å². The number of unbranched alkanes of at least 4 members (excludes halogenated alkanes) is 2. The molecule has 2 aliphatic heterocycles. The molecule has 2 fully saturated rings. The van der Waals surface area contributed by atoms with Gasteiger partial charge in [-0.2, -0.15) is 0 Å². The van der Waals surface area contributed by atoms with Crippen LogP contribution in [0.1, 0.15) is 65.5 Å². The standard InChI is InChI=1S/C24H36N6O6/c1-15(32)8-4-5-9-17(33)25-10-6-7-11-26-21-18-22(28-13-27-21)30(14-29-18)23-20-19(16(12-31)34-23)35-24(2,3)36-20/h13-14,16,19-20,23,31H,4-12H2,1-3H3,(H,25,33)(H,26,27,28). The van der Waals surface area contributed by atoms with Gasteiger partial charge in [0.25, 0.3) is 0 Å². The predicted molar refractivity (Wildman–Crippen MR) is 130 cm³/mol. The molecule has 2 aromatic heterocycles. The molecule has 0 bridgehead atoms. The average Bonchev–Trinajstić information content (AvgIpc) is 3.49. The summed E-state index contributed by atoms with van der Waals surface area (Å²) in [5.41, 5.74) is 1.21.